The zero-order valence-electron chi connectivity index (χ0n) is 20.1. The Bertz CT molecular complexity index is 1130. The van der Waals surface area contributed by atoms with E-state index in [1.54, 1.807) is 4.90 Å². The topological polar surface area (TPSA) is 90.5 Å². The van der Waals surface area contributed by atoms with Gasteiger partial charge >= 0.3 is 6.09 Å². The van der Waals surface area contributed by atoms with E-state index in [1.807, 2.05) is 16.8 Å². The number of aromatic nitrogens is 2. The van der Waals surface area contributed by atoms with E-state index >= 15 is 0 Å². The lowest BCUT2D eigenvalue weighted by molar-refractivity contribution is 0.00416. The van der Waals surface area contributed by atoms with Gasteiger partial charge in [0.1, 0.15) is 6.10 Å². The summed E-state index contributed by atoms with van der Waals surface area (Å²) in [5.74, 6) is 0.702. The zero-order chi connectivity index (χ0) is 24.2. The molecule has 8 nitrogen and oxygen atoms in total. The Labute approximate surface area is 205 Å². The van der Waals surface area contributed by atoms with Gasteiger partial charge in [-0.2, -0.15) is 5.10 Å². The van der Waals surface area contributed by atoms with Crippen LogP contribution in [0.1, 0.15) is 43.6 Å². The van der Waals surface area contributed by atoms with Crippen molar-refractivity contribution < 1.29 is 19.7 Å². The second kappa shape index (κ2) is 10.7. The number of rotatable bonds is 6. The van der Waals surface area contributed by atoms with E-state index in [4.69, 9.17) is 14.9 Å². The number of piperazine rings is 1. The molecule has 5 rings (SSSR count). The summed E-state index contributed by atoms with van der Waals surface area (Å²) in [6, 6.07) is 13.2. The van der Waals surface area contributed by atoms with Crippen molar-refractivity contribution in [3.8, 4) is 11.1 Å². The van der Waals surface area contributed by atoms with Gasteiger partial charge in [0.25, 0.3) is 0 Å². The molecule has 186 valence electrons. The first-order valence-corrected chi connectivity index (χ1v) is 12.7. The summed E-state index contributed by atoms with van der Waals surface area (Å²) in [6.07, 6.45) is 9.16. The third kappa shape index (κ3) is 5.13. The molecule has 1 amide bonds. The van der Waals surface area contributed by atoms with Gasteiger partial charge < -0.3 is 24.7 Å². The lowest BCUT2D eigenvalue weighted by Crippen LogP contribution is -2.50. The van der Waals surface area contributed by atoms with Crippen LogP contribution >= 0.6 is 0 Å². The molecule has 2 fully saturated rings. The van der Waals surface area contributed by atoms with Gasteiger partial charge in [0, 0.05) is 44.1 Å². The van der Waals surface area contributed by atoms with Crippen LogP contribution in [0.3, 0.4) is 0 Å². The molecule has 0 atom stereocenters. The molecule has 1 aromatic carbocycles. The SMILES string of the molecule is O=C(OC(CO)CO)N1CCN(c2ccnn3cc(-c4ccc(C5CCCCC5)cc4)cc23)CC1. The van der Waals surface area contributed by atoms with Gasteiger partial charge in [0.2, 0.25) is 0 Å². The van der Waals surface area contributed by atoms with Crippen LogP contribution in [0.25, 0.3) is 16.6 Å². The summed E-state index contributed by atoms with van der Waals surface area (Å²) in [7, 11) is 0. The van der Waals surface area contributed by atoms with Crippen LogP contribution in [0.15, 0.2) is 48.8 Å². The van der Waals surface area contributed by atoms with Crippen LogP contribution in [-0.2, 0) is 4.74 Å². The maximum absolute atomic E-state index is 12.3. The van der Waals surface area contributed by atoms with Crippen molar-refractivity contribution in [2.24, 2.45) is 0 Å². The minimum absolute atomic E-state index is 0.392. The average Bonchev–Trinajstić information content (AvgIpc) is 3.37. The largest absolute Gasteiger partial charge is 0.441 e. The van der Waals surface area contributed by atoms with E-state index in [9.17, 15) is 4.79 Å². The van der Waals surface area contributed by atoms with E-state index in [0.29, 0.717) is 32.1 Å². The van der Waals surface area contributed by atoms with Gasteiger partial charge in [-0.15, -0.1) is 0 Å². The number of hydrogen-bond acceptors (Lipinski definition) is 6. The van der Waals surface area contributed by atoms with Crippen LogP contribution in [0.4, 0.5) is 10.5 Å². The quantitative estimate of drug-likeness (QED) is 0.562. The van der Waals surface area contributed by atoms with Crippen LogP contribution in [0, 0.1) is 0 Å². The van der Waals surface area contributed by atoms with Gasteiger partial charge in [0.15, 0.2) is 0 Å². The maximum Gasteiger partial charge on any atom is 0.410 e. The second-order valence-electron chi connectivity index (χ2n) is 9.58. The van der Waals surface area contributed by atoms with E-state index < -0.39 is 25.4 Å². The molecule has 1 aliphatic heterocycles. The Morgan fingerprint density at radius 3 is 2.37 bits per heavy atom. The fraction of sp³-hybridized carbons (Fsp3) is 0.481. The lowest BCUT2D eigenvalue weighted by Gasteiger charge is -2.36. The van der Waals surface area contributed by atoms with Crippen molar-refractivity contribution in [2.45, 2.75) is 44.1 Å². The normalized spacial score (nSPS) is 17.3. The number of aliphatic hydroxyl groups is 2. The van der Waals surface area contributed by atoms with Gasteiger partial charge in [0.05, 0.1) is 24.4 Å². The van der Waals surface area contributed by atoms with Gasteiger partial charge in [-0.3, -0.25) is 0 Å². The molecule has 0 spiro atoms. The minimum atomic E-state index is -0.878. The summed E-state index contributed by atoms with van der Waals surface area (Å²) in [4.78, 5) is 16.2. The fourth-order valence-corrected chi connectivity index (χ4v) is 5.29. The molecule has 2 aliphatic rings. The standard InChI is InChI=1S/C27H34N4O4/c32-18-24(19-33)35-27(34)30-14-12-29(13-15-30)25-10-11-28-31-17-23(16-26(25)31)22-8-6-21(7-9-22)20-4-2-1-3-5-20/h6-11,16-17,20,24,32-33H,1-5,12-15,18-19H2. The Kier molecular flexibility index (Phi) is 7.20. The van der Waals surface area contributed by atoms with Crippen LogP contribution in [-0.4, -0.2) is 76.3 Å². The Morgan fingerprint density at radius 2 is 1.69 bits per heavy atom. The number of aliphatic hydroxyl groups excluding tert-OH is 2. The molecule has 2 aromatic heterocycles. The molecule has 0 unspecified atom stereocenters. The van der Waals surface area contributed by atoms with E-state index in [2.05, 4.69) is 46.5 Å². The number of hydrogen-bond donors (Lipinski definition) is 2. The Morgan fingerprint density at radius 1 is 0.971 bits per heavy atom. The van der Waals surface area contributed by atoms with Crippen molar-refractivity contribution in [3.05, 3.63) is 54.4 Å². The first-order valence-electron chi connectivity index (χ1n) is 12.7. The molecule has 1 saturated heterocycles. The zero-order valence-corrected chi connectivity index (χ0v) is 20.1. The number of carbonyl (C=O) groups excluding carboxylic acids is 1. The first-order chi connectivity index (χ1) is 17.2. The Hall–Kier alpha value is -3.10. The van der Waals surface area contributed by atoms with Crippen LogP contribution < -0.4 is 4.90 Å². The summed E-state index contributed by atoms with van der Waals surface area (Å²) in [5.41, 5.74) is 5.91. The Balaban J connectivity index is 1.28. The highest BCUT2D eigenvalue weighted by atomic mass is 16.6. The molecular weight excluding hydrogens is 444 g/mol. The smallest absolute Gasteiger partial charge is 0.410 e. The van der Waals surface area contributed by atoms with Crippen molar-refractivity contribution in [2.75, 3.05) is 44.3 Å². The maximum atomic E-state index is 12.3. The lowest BCUT2D eigenvalue weighted by atomic mass is 9.84. The molecule has 3 heterocycles. The molecule has 0 radical (unpaired) electrons. The van der Waals surface area contributed by atoms with Crippen molar-refractivity contribution in [1.82, 2.24) is 14.5 Å². The number of carbonyl (C=O) groups is 1. The van der Waals surface area contributed by atoms with Gasteiger partial charge in [-0.05, 0) is 42.0 Å². The second-order valence-corrected chi connectivity index (χ2v) is 9.58. The van der Waals surface area contributed by atoms with Gasteiger partial charge in [-0.25, -0.2) is 9.31 Å². The molecule has 2 N–H and O–H groups in total. The highest BCUT2D eigenvalue weighted by Gasteiger charge is 2.25. The third-order valence-corrected chi connectivity index (χ3v) is 7.36. The third-order valence-electron chi connectivity index (χ3n) is 7.36. The summed E-state index contributed by atoms with van der Waals surface area (Å²) >= 11 is 0. The van der Waals surface area contributed by atoms with Gasteiger partial charge in [-0.1, -0.05) is 43.5 Å². The molecule has 0 bridgehead atoms. The number of ether oxygens (including phenoxy) is 1. The summed E-state index contributed by atoms with van der Waals surface area (Å²) in [6.45, 7) is 1.55. The molecule has 35 heavy (non-hydrogen) atoms. The van der Waals surface area contributed by atoms with Crippen LogP contribution in [0.5, 0.6) is 0 Å². The van der Waals surface area contributed by atoms with E-state index in [0.717, 1.165) is 16.8 Å². The number of amides is 1. The minimum Gasteiger partial charge on any atom is -0.441 e. The summed E-state index contributed by atoms with van der Waals surface area (Å²) < 4.78 is 7.08. The molecule has 1 saturated carbocycles. The molecule has 1 aliphatic carbocycles. The van der Waals surface area contributed by atoms with Crippen molar-refractivity contribution in [1.29, 1.82) is 0 Å². The van der Waals surface area contributed by atoms with Crippen LogP contribution in [0.2, 0.25) is 0 Å². The van der Waals surface area contributed by atoms with Crippen molar-refractivity contribution in [3.63, 3.8) is 0 Å². The predicted octanol–water partition coefficient (Wildman–Crippen LogP) is 3.66. The van der Waals surface area contributed by atoms with Crippen molar-refractivity contribution >= 4 is 17.3 Å². The highest BCUT2D eigenvalue weighted by Crippen LogP contribution is 2.34. The number of anilines is 1. The molecule has 3 aromatic rings. The molecular formula is C27H34N4O4. The highest BCUT2D eigenvalue weighted by molar-refractivity contribution is 5.80. The predicted molar refractivity (Wildman–Crippen MR) is 135 cm³/mol. The number of fused-ring (bicyclic) bond motifs is 1. The monoisotopic (exact) mass is 478 g/mol. The van der Waals surface area contributed by atoms with E-state index in [1.165, 1.54) is 43.2 Å². The average molecular weight is 479 g/mol. The number of nitrogens with zero attached hydrogens (tertiary/aromatic N) is 4. The van der Waals surface area contributed by atoms with E-state index in [-0.39, 0.29) is 0 Å². The fourth-order valence-electron chi connectivity index (χ4n) is 5.29. The first kappa shape index (κ1) is 23.6. The number of benzene rings is 1. The molecule has 8 heteroatoms. The summed E-state index contributed by atoms with van der Waals surface area (Å²) in [5, 5.41) is 22.8.